The van der Waals surface area contributed by atoms with E-state index < -0.39 is 11.3 Å². The summed E-state index contributed by atoms with van der Waals surface area (Å²) in [6.45, 7) is 2.36. The monoisotopic (exact) mass is 352 g/mol. The topological polar surface area (TPSA) is 49.4 Å². The molecule has 2 heterocycles. The molecule has 2 aliphatic rings. The van der Waals surface area contributed by atoms with Gasteiger partial charge in [0.25, 0.3) is 0 Å². The van der Waals surface area contributed by atoms with E-state index in [1.807, 2.05) is 18.2 Å². The second kappa shape index (κ2) is 6.65. The molecule has 0 saturated carbocycles. The van der Waals surface area contributed by atoms with E-state index >= 15 is 0 Å². The van der Waals surface area contributed by atoms with Crippen LogP contribution in [0.3, 0.4) is 0 Å². The Bertz CT molecular complexity index is 812. The maximum Gasteiger partial charge on any atom is 0.235 e. The number of piperidine rings is 1. The van der Waals surface area contributed by atoms with Crippen LogP contribution in [0.4, 0.5) is 4.39 Å². The molecular formula is C21H21FN2O2. The highest BCUT2D eigenvalue weighted by Crippen LogP contribution is 2.48. The molecule has 2 saturated heterocycles. The number of nitrogens with zero attached hydrogens (tertiary/aromatic N) is 1. The molecule has 4 rings (SSSR count). The summed E-state index contributed by atoms with van der Waals surface area (Å²) in [5.41, 5.74) is 1.24. The van der Waals surface area contributed by atoms with Crippen molar-refractivity contribution in [3.8, 4) is 0 Å². The van der Waals surface area contributed by atoms with Gasteiger partial charge in [0.05, 0.1) is 11.3 Å². The fourth-order valence-electron chi connectivity index (χ4n) is 4.28. The summed E-state index contributed by atoms with van der Waals surface area (Å²) in [5.74, 6) is -1.33. The van der Waals surface area contributed by atoms with E-state index in [4.69, 9.17) is 0 Å². The van der Waals surface area contributed by atoms with Gasteiger partial charge in [-0.15, -0.1) is 0 Å². The summed E-state index contributed by atoms with van der Waals surface area (Å²) >= 11 is 0. The van der Waals surface area contributed by atoms with Gasteiger partial charge >= 0.3 is 0 Å². The van der Waals surface area contributed by atoms with Crippen molar-refractivity contribution in [3.63, 3.8) is 0 Å². The number of halogens is 1. The average molecular weight is 352 g/mol. The van der Waals surface area contributed by atoms with Gasteiger partial charge in [-0.05, 0) is 49.2 Å². The Labute approximate surface area is 152 Å². The van der Waals surface area contributed by atoms with Gasteiger partial charge in [-0.3, -0.25) is 19.8 Å². The van der Waals surface area contributed by atoms with Crippen LogP contribution in [-0.2, 0) is 16.1 Å². The van der Waals surface area contributed by atoms with Gasteiger partial charge in [-0.25, -0.2) is 4.39 Å². The van der Waals surface area contributed by atoms with E-state index in [1.165, 1.54) is 17.7 Å². The number of hydrogen-bond acceptors (Lipinski definition) is 3. The first-order chi connectivity index (χ1) is 12.6. The Hall–Kier alpha value is -2.53. The first-order valence-corrected chi connectivity index (χ1v) is 8.95. The van der Waals surface area contributed by atoms with Crippen LogP contribution in [0.5, 0.6) is 0 Å². The SMILES string of the molecule is O=C1NC(=O)C2(CCN(Cc3ccccc3)CC2)C1c1ccc(F)cc1. The Morgan fingerprint density at radius 1 is 1.00 bits per heavy atom. The van der Waals surface area contributed by atoms with Crippen LogP contribution < -0.4 is 5.32 Å². The molecule has 0 radical (unpaired) electrons. The lowest BCUT2D eigenvalue weighted by Gasteiger charge is -2.40. The molecule has 4 nitrogen and oxygen atoms in total. The molecule has 1 unspecified atom stereocenters. The van der Waals surface area contributed by atoms with Crippen molar-refractivity contribution >= 4 is 11.8 Å². The Morgan fingerprint density at radius 2 is 1.65 bits per heavy atom. The fourth-order valence-corrected chi connectivity index (χ4v) is 4.28. The molecule has 134 valence electrons. The van der Waals surface area contributed by atoms with Crippen molar-refractivity contribution in [1.29, 1.82) is 0 Å². The van der Waals surface area contributed by atoms with Crippen LogP contribution in [0.15, 0.2) is 54.6 Å². The van der Waals surface area contributed by atoms with Crippen molar-refractivity contribution in [2.45, 2.75) is 25.3 Å². The molecule has 1 atom stereocenters. The molecule has 1 spiro atoms. The zero-order valence-electron chi connectivity index (χ0n) is 14.5. The zero-order valence-corrected chi connectivity index (χ0v) is 14.5. The summed E-state index contributed by atoms with van der Waals surface area (Å²) in [4.78, 5) is 27.4. The predicted molar refractivity (Wildman–Crippen MR) is 95.7 cm³/mol. The molecule has 0 aliphatic carbocycles. The molecule has 0 aromatic heterocycles. The van der Waals surface area contributed by atoms with Crippen molar-refractivity contribution in [2.75, 3.05) is 13.1 Å². The third-order valence-corrected chi connectivity index (χ3v) is 5.70. The third-order valence-electron chi connectivity index (χ3n) is 5.70. The lowest BCUT2D eigenvalue weighted by atomic mass is 9.67. The first-order valence-electron chi connectivity index (χ1n) is 8.95. The van der Waals surface area contributed by atoms with Gasteiger partial charge in [0.15, 0.2) is 0 Å². The van der Waals surface area contributed by atoms with Crippen LogP contribution in [0.1, 0.15) is 29.9 Å². The standard InChI is InChI=1S/C21H21FN2O2/c22-17-8-6-16(7-9-17)18-19(25)23-20(26)21(18)10-12-24(13-11-21)14-15-4-2-1-3-5-15/h1-9,18H,10-14H2,(H,23,25,26). The minimum atomic E-state index is -0.720. The minimum Gasteiger partial charge on any atom is -0.299 e. The van der Waals surface area contributed by atoms with Crippen LogP contribution in [-0.4, -0.2) is 29.8 Å². The van der Waals surface area contributed by atoms with Crippen molar-refractivity contribution < 1.29 is 14.0 Å². The number of amides is 2. The molecule has 5 heteroatoms. The van der Waals surface area contributed by atoms with Crippen molar-refractivity contribution in [3.05, 3.63) is 71.5 Å². The van der Waals surface area contributed by atoms with Crippen LogP contribution >= 0.6 is 0 Å². The van der Waals surface area contributed by atoms with E-state index in [-0.39, 0.29) is 17.6 Å². The number of hydrogen-bond donors (Lipinski definition) is 1. The summed E-state index contributed by atoms with van der Waals surface area (Å²) in [5, 5.41) is 2.51. The smallest absolute Gasteiger partial charge is 0.235 e. The predicted octanol–water partition coefficient (Wildman–Crippen LogP) is 2.85. The highest BCUT2D eigenvalue weighted by molar-refractivity contribution is 6.10. The normalized spacial score (nSPS) is 22.6. The van der Waals surface area contributed by atoms with Crippen LogP contribution in [0.25, 0.3) is 0 Å². The summed E-state index contributed by atoms with van der Waals surface area (Å²) in [6.07, 6.45) is 1.25. The number of rotatable bonds is 3. The van der Waals surface area contributed by atoms with Crippen molar-refractivity contribution in [1.82, 2.24) is 10.2 Å². The minimum absolute atomic E-state index is 0.184. The molecule has 2 aliphatic heterocycles. The number of imide groups is 1. The average Bonchev–Trinajstić information content (AvgIpc) is 2.89. The summed E-state index contributed by atoms with van der Waals surface area (Å²) < 4.78 is 13.3. The largest absolute Gasteiger partial charge is 0.299 e. The van der Waals surface area contributed by atoms with E-state index in [0.717, 1.165) is 19.6 Å². The number of likely N-dealkylation sites (tertiary alicyclic amines) is 1. The van der Waals surface area contributed by atoms with E-state index in [2.05, 4.69) is 22.3 Å². The van der Waals surface area contributed by atoms with Gasteiger partial charge in [0.2, 0.25) is 11.8 Å². The number of benzene rings is 2. The van der Waals surface area contributed by atoms with E-state index in [0.29, 0.717) is 18.4 Å². The number of nitrogens with one attached hydrogen (secondary N) is 1. The molecule has 1 N–H and O–H groups in total. The summed E-state index contributed by atoms with van der Waals surface area (Å²) in [6, 6.07) is 16.2. The molecular weight excluding hydrogens is 331 g/mol. The van der Waals surface area contributed by atoms with E-state index in [1.54, 1.807) is 12.1 Å². The Kier molecular flexibility index (Phi) is 4.32. The quantitative estimate of drug-likeness (QED) is 0.864. The van der Waals surface area contributed by atoms with E-state index in [9.17, 15) is 14.0 Å². The number of carbonyl (C=O) groups is 2. The molecule has 2 fully saturated rings. The van der Waals surface area contributed by atoms with Crippen molar-refractivity contribution in [2.24, 2.45) is 5.41 Å². The third kappa shape index (κ3) is 2.92. The van der Waals surface area contributed by atoms with Gasteiger partial charge in [-0.1, -0.05) is 42.5 Å². The second-order valence-electron chi connectivity index (χ2n) is 7.22. The fraction of sp³-hybridized carbons (Fsp3) is 0.333. The number of carbonyl (C=O) groups excluding carboxylic acids is 2. The van der Waals surface area contributed by atoms with Crippen LogP contribution in [0.2, 0.25) is 0 Å². The van der Waals surface area contributed by atoms with Gasteiger partial charge < -0.3 is 0 Å². The second-order valence-corrected chi connectivity index (χ2v) is 7.22. The lowest BCUT2D eigenvalue weighted by molar-refractivity contribution is -0.130. The highest BCUT2D eigenvalue weighted by atomic mass is 19.1. The zero-order chi connectivity index (χ0) is 18.1. The van der Waals surface area contributed by atoms with Gasteiger partial charge in [0.1, 0.15) is 5.82 Å². The maximum absolute atomic E-state index is 13.3. The molecule has 2 aromatic rings. The molecule has 26 heavy (non-hydrogen) atoms. The summed E-state index contributed by atoms with van der Waals surface area (Å²) in [7, 11) is 0. The first kappa shape index (κ1) is 16.9. The highest BCUT2D eigenvalue weighted by Gasteiger charge is 2.56. The lowest BCUT2D eigenvalue weighted by Crippen LogP contribution is -2.45. The molecule has 2 aromatic carbocycles. The molecule has 0 bridgehead atoms. The van der Waals surface area contributed by atoms with Crippen LogP contribution in [0, 0.1) is 11.2 Å². The Morgan fingerprint density at radius 3 is 2.31 bits per heavy atom. The molecule has 2 amide bonds. The Balaban J connectivity index is 1.54. The van der Waals surface area contributed by atoms with Gasteiger partial charge in [-0.2, -0.15) is 0 Å². The van der Waals surface area contributed by atoms with Gasteiger partial charge in [0, 0.05) is 6.54 Å². The maximum atomic E-state index is 13.3.